The van der Waals surface area contributed by atoms with E-state index in [1.54, 1.807) is 0 Å². The van der Waals surface area contributed by atoms with E-state index in [1.165, 1.54) is 0 Å². The molecule has 0 heterocycles. The first kappa shape index (κ1) is 14.6. The largest absolute Gasteiger partial charge is 0.387 e. The molecule has 0 fully saturated rings. The minimum atomic E-state index is -0.132. The molecule has 0 aliphatic heterocycles. The smallest absolute Gasteiger partial charge is 0.256 e. The predicted octanol–water partition coefficient (Wildman–Crippen LogP) is 3.30. The van der Waals surface area contributed by atoms with Crippen molar-refractivity contribution in [1.82, 2.24) is 4.90 Å². The third-order valence-electron chi connectivity index (χ3n) is 3.75. The van der Waals surface area contributed by atoms with Gasteiger partial charge in [-0.2, -0.15) is 0 Å². The number of nitrogens with zero attached hydrogens (tertiary/aromatic N) is 1. The summed E-state index contributed by atoms with van der Waals surface area (Å²) < 4.78 is 0. The molecule has 1 aromatic carbocycles. The number of hydrogen-bond donors (Lipinski definition) is 1. The molecule has 0 aromatic heterocycles. The van der Waals surface area contributed by atoms with Crippen LogP contribution in [0.15, 0.2) is 18.2 Å². The third-order valence-corrected chi connectivity index (χ3v) is 3.75. The quantitative estimate of drug-likeness (QED) is 0.886. The first-order chi connectivity index (χ1) is 8.33. The molecule has 3 nitrogen and oxygen atoms in total. The van der Waals surface area contributed by atoms with Gasteiger partial charge in [-0.05, 0) is 44.9 Å². The van der Waals surface area contributed by atoms with Crippen LogP contribution in [0.5, 0.6) is 0 Å². The Hall–Kier alpha value is -1.51. The van der Waals surface area contributed by atoms with E-state index in [1.807, 2.05) is 44.1 Å². The monoisotopic (exact) mass is 248 g/mol. The molecule has 0 bridgehead atoms. The maximum absolute atomic E-state index is 12.5. The zero-order valence-electron chi connectivity index (χ0n) is 12.3. The van der Waals surface area contributed by atoms with Crippen molar-refractivity contribution in [2.45, 2.75) is 39.7 Å². The summed E-state index contributed by atoms with van der Waals surface area (Å²) in [4.78, 5) is 14.3. The molecule has 0 unspecified atom stereocenters. The van der Waals surface area contributed by atoms with Crippen molar-refractivity contribution in [3.8, 4) is 0 Å². The van der Waals surface area contributed by atoms with Crippen molar-refractivity contribution < 1.29 is 4.79 Å². The van der Waals surface area contributed by atoms with E-state index < -0.39 is 0 Å². The van der Waals surface area contributed by atoms with Gasteiger partial charge in [0.1, 0.15) is 0 Å². The second kappa shape index (κ2) is 5.42. The summed E-state index contributed by atoms with van der Waals surface area (Å²) in [7, 11) is 3.71. The minimum absolute atomic E-state index is 0.0613. The Bertz CT molecular complexity index is 438. The Balaban J connectivity index is 3.11. The maximum Gasteiger partial charge on any atom is 0.256 e. The van der Waals surface area contributed by atoms with Crippen LogP contribution >= 0.6 is 0 Å². The molecule has 0 atom stereocenters. The number of carbonyl (C=O) groups excluding carboxylic acids is 1. The lowest BCUT2D eigenvalue weighted by atomic mass is 9.98. The van der Waals surface area contributed by atoms with Gasteiger partial charge in [0.15, 0.2) is 0 Å². The fourth-order valence-corrected chi connectivity index (χ4v) is 1.74. The van der Waals surface area contributed by atoms with Gasteiger partial charge in [-0.1, -0.05) is 13.0 Å². The van der Waals surface area contributed by atoms with Crippen LogP contribution in [0.4, 0.5) is 5.69 Å². The van der Waals surface area contributed by atoms with Gasteiger partial charge in [-0.15, -0.1) is 0 Å². The highest BCUT2D eigenvalue weighted by atomic mass is 16.2. The van der Waals surface area contributed by atoms with Gasteiger partial charge in [-0.25, -0.2) is 0 Å². The van der Waals surface area contributed by atoms with Crippen LogP contribution in [-0.2, 0) is 0 Å². The summed E-state index contributed by atoms with van der Waals surface area (Å²) in [6.07, 6.45) is 0.927. The molecule has 0 saturated carbocycles. The molecule has 3 heteroatoms. The topological polar surface area (TPSA) is 32.3 Å². The van der Waals surface area contributed by atoms with Crippen LogP contribution in [0.25, 0.3) is 0 Å². The summed E-state index contributed by atoms with van der Waals surface area (Å²) in [5.41, 5.74) is 2.63. The lowest BCUT2D eigenvalue weighted by molar-refractivity contribution is 0.0621. The van der Waals surface area contributed by atoms with E-state index in [0.717, 1.165) is 23.2 Å². The number of rotatable bonds is 4. The molecule has 1 aromatic rings. The number of aryl methyl sites for hydroxylation is 1. The molecule has 0 aliphatic carbocycles. The van der Waals surface area contributed by atoms with Crippen molar-refractivity contribution in [3.63, 3.8) is 0 Å². The molecule has 1 rings (SSSR count). The second-order valence-electron chi connectivity index (χ2n) is 5.33. The number of hydrogen-bond acceptors (Lipinski definition) is 2. The average Bonchev–Trinajstić information content (AvgIpc) is 2.36. The molecule has 18 heavy (non-hydrogen) atoms. The lowest BCUT2D eigenvalue weighted by Crippen LogP contribution is -2.44. The van der Waals surface area contributed by atoms with Crippen molar-refractivity contribution in [3.05, 3.63) is 29.3 Å². The van der Waals surface area contributed by atoms with E-state index in [0.29, 0.717) is 0 Å². The van der Waals surface area contributed by atoms with Crippen LogP contribution < -0.4 is 5.32 Å². The van der Waals surface area contributed by atoms with Gasteiger partial charge < -0.3 is 10.2 Å². The zero-order valence-corrected chi connectivity index (χ0v) is 12.3. The summed E-state index contributed by atoms with van der Waals surface area (Å²) >= 11 is 0. The molecular formula is C15H24N2O. The van der Waals surface area contributed by atoms with Gasteiger partial charge in [0.2, 0.25) is 0 Å². The van der Waals surface area contributed by atoms with Crippen molar-refractivity contribution in [1.29, 1.82) is 0 Å². The molecule has 0 radical (unpaired) electrons. The van der Waals surface area contributed by atoms with Gasteiger partial charge in [0.25, 0.3) is 5.91 Å². The van der Waals surface area contributed by atoms with Crippen LogP contribution in [-0.4, -0.2) is 30.4 Å². The van der Waals surface area contributed by atoms with Crippen LogP contribution in [0.1, 0.15) is 43.1 Å². The van der Waals surface area contributed by atoms with Crippen LogP contribution in [0.2, 0.25) is 0 Å². The molecule has 1 amide bonds. The van der Waals surface area contributed by atoms with E-state index in [9.17, 15) is 4.79 Å². The Morgan fingerprint density at radius 3 is 2.50 bits per heavy atom. The molecule has 0 saturated heterocycles. The maximum atomic E-state index is 12.5. The SMILES string of the molecule is CCC(C)(C)N(C)C(=O)c1ccc(C)cc1NC. The Morgan fingerprint density at radius 2 is 2.00 bits per heavy atom. The van der Waals surface area contributed by atoms with Crippen molar-refractivity contribution >= 4 is 11.6 Å². The highest BCUT2D eigenvalue weighted by molar-refractivity contribution is 6.00. The van der Waals surface area contributed by atoms with Gasteiger partial charge >= 0.3 is 0 Å². The Morgan fingerprint density at radius 1 is 1.39 bits per heavy atom. The van der Waals surface area contributed by atoms with Crippen molar-refractivity contribution in [2.24, 2.45) is 0 Å². The molecule has 0 spiro atoms. The van der Waals surface area contributed by atoms with E-state index in [2.05, 4.69) is 26.1 Å². The number of benzene rings is 1. The van der Waals surface area contributed by atoms with Gasteiger partial charge in [0, 0.05) is 25.3 Å². The van der Waals surface area contributed by atoms with Crippen LogP contribution in [0, 0.1) is 6.92 Å². The minimum Gasteiger partial charge on any atom is -0.387 e. The van der Waals surface area contributed by atoms with E-state index in [-0.39, 0.29) is 11.4 Å². The van der Waals surface area contributed by atoms with Crippen molar-refractivity contribution in [2.75, 3.05) is 19.4 Å². The predicted molar refractivity (Wildman–Crippen MR) is 77.2 cm³/mol. The first-order valence-electron chi connectivity index (χ1n) is 6.40. The number of anilines is 1. The highest BCUT2D eigenvalue weighted by Crippen LogP contribution is 2.23. The van der Waals surface area contributed by atoms with E-state index in [4.69, 9.17) is 0 Å². The normalized spacial score (nSPS) is 11.2. The summed E-state index contributed by atoms with van der Waals surface area (Å²) in [5, 5.41) is 3.09. The number of amides is 1. The lowest BCUT2D eigenvalue weighted by Gasteiger charge is -2.35. The zero-order chi connectivity index (χ0) is 13.9. The van der Waals surface area contributed by atoms with Gasteiger partial charge in [-0.3, -0.25) is 4.79 Å². The standard InChI is InChI=1S/C15H24N2O/c1-7-15(3,4)17(6)14(18)12-9-8-11(2)10-13(12)16-5/h8-10,16H,7H2,1-6H3. The summed E-state index contributed by atoms with van der Waals surface area (Å²) in [6, 6.07) is 5.87. The first-order valence-corrected chi connectivity index (χ1v) is 6.40. The molecular weight excluding hydrogens is 224 g/mol. The third kappa shape index (κ3) is 2.84. The van der Waals surface area contributed by atoms with Gasteiger partial charge in [0.05, 0.1) is 5.56 Å². The van der Waals surface area contributed by atoms with Crippen LogP contribution in [0.3, 0.4) is 0 Å². The Kier molecular flexibility index (Phi) is 4.38. The average molecular weight is 248 g/mol. The highest BCUT2D eigenvalue weighted by Gasteiger charge is 2.27. The Labute approximate surface area is 110 Å². The fraction of sp³-hybridized carbons (Fsp3) is 0.533. The summed E-state index contributed by atoms with van der Waals surface area (Å²) in [6.45, 7) is 8.28. The van der Waals surface area contributed by atoms with E-state index >= 15 is 0 Å². The summed E-state index contributed by atoms with van der Waals surface area (Å²) in [5.74, 6) is 0.0613. The number of nitrogens with one attached hydrogen (secondary N) is 1. The number of carbonyl (C=O) groups is 1. The molecule has 0 aliphatic rings. The molecule has 1 N–H and O–H groups in total. The second-order valence-corrected chi connectivity index (χ2v) is 5.33. The fourth-order valence-electron chi connectivity index (χ4n) is 1.74. The molecule has 100 valence electrons.